The van der Waals surface area contributed by atoms with Gasteiger partial charge in [-0.15, -0.1) is 0 Å². The number of rotatable bonds is 4. The van der Waals surface area contributed by atoms with Crippen LogP contribution in [-0.4, -0.2) is 9.55 Å². The van der Waals surface area contributed by atoms with Gasteiger partial charge in [-0.3, -0.25) is 0 Å². The number of fused-ring (bicyclic) bond motifs is 2. The van der Waals surface area contributed by atoms with E-state index in [4.69, 9.17) is 4.42 Å². The van der Waals surface area contributed by atoms with E-state index in [-0.39, 0.29) is 0 Å². The van der Waals surface area contributed by atoms with Gasteiger partial charge in [-0.05, 0) is 46.7 Å². The Hall–Kier alpha value is -3.54. The summed E-state index contributed by atoms with van der Waals surface area (Å²) in [5, 5.41) is 2.22. The standard InChI is InChI=1S/C24H17F3N2O/c25-24(26,27)18-10-11-22-21(14-18)28-23(29(22)15-19-8-4-12-30-19)13-17-7-3-6-16-5-1-2-9-20(16)17/h1-12,14H,13,15H2. The molecule has 0 saturated heterocycles. The van der Waals surface area contributed by atoms with Crippen LogP contribution in [0.3, 0.4) is 0 Å². The molecular formula is C24H17F3N2O. The van der Waals surface area contributed by atoms with Crippen LogP contribution in [0, 0.1) is 0 Å². The SMILES string of the molecule is FC(F)(F)c1ccc2c(c1)nc(Cc1cccc3ccccc13)n2Cc1ccco1. The second kappa shape index (κ2) is 7.06. The monoisotopic (exact) mass is 406 g/mol. The molecule has 0 aliphatic rings. The van der Waals surface area contributed by atoms with E-state index < -0.39 is 11.7 Å². The van der Waals surface area contributed by atoms with Crippen molar-refractivity contribution >= 4 is 21.8 Å². The van der Waals surface area contributed by atoms with Crippen LogP contribution in [-0.2, 0) is 19.1 Å². The molecule has 2 heterocycles. The Bertz CT molecular complexity index is 1330. The van der Waals surface area contributed by atoms with Gasteiger partial charge in [0.25, 0.3) is 0 Å². The number of hydrogen-bond donors (Lipinski definition) is 0. The number of nitrogens with zero attached hydrogens (tertiary/aromatic N) is 2. The first-order valence-electron chi connectivity index (χ1n) is 9.54. The van der Waals surface area contributed by atoms with Crippen LogP contribution in [0.5, 0.6) is 0 Å². The molecule has 0 atom stereocenters. The van der Waals surface area contributed by atoms with Gasteiger partial charge in [-0.25, -0.2) is 4.98 Å². The van der Waals surface area contributed by atoms with E-state index in [1.165, 1.54) is 6.07 Å². The quantitative estimate of drug-likeness (QED) is 0.344. The van der Waals surface area contributed by atoms with Gasteiger partial charge in [-0.2, -0.15) is 13.2 Å². The summed E-state index contributed by atoms with van der Waals surface area (Å²) in [7, 11) is 0. The van der Waals surface area contributed by atoms with Gasteiger partial charge in [0, 0.05) is 6.42 Å². The minimum absolute atomic E-state index is 0.326. The van der Waals surface area contributed by atoms with E-state index in [1.54, 1.807) is 12.3 Å². The van der Waals surface area contributed by atoms with Crippen molar-refractivity contribution in [3.05, 3.63) is 102 Å². The fourth-order valence-corrected chi connectivity index (χ4v) is 3.84. The highest BCUT2D eigenvalue weighted by molar-refractivity contribution is 5.86. The summed E-state index contributed by atoms with van der Waals surface area (Å²) in [6.45, 7) is 0.398. The van der Waals surface area contributed by atoms with Gasteiger partial charge >= 0.3 is 6.18 Å². The zero-order chi connectivity index (χ0) is 20.7. The third-order valence-corrected chi connectivity index (χ3v) is 5.28. The van der Waals surface area contributed by atoms with E-state index >= 15 is 0 Å². The first kappa shape index (κ1) is 18.5. The molecule has 5 rings (SSSR count). The largest absolute Gasteiger partial charge is 0.467 e. The van der Waals surface area contributed by atoms with Crippen LogP contribution in [0.4, 0.5) is 13.2 Å². The van der Waals surface area contributed by atoms with Gasteiger partial charge in [-0.1, -0.05) is 42.5 Å². The molecule has 0 unspecified atom stereocenters. The first-order valence-corrected chi connectivity index (χ1v) is 9.54. The van der Waals surface area contributed by atoms with Crippen molar-refractivity contribution in [3.63, 3.8) is 0 Å². The summed E-state index contributed by atoms with van der Waals surface area (Å²) < 4.78 is 47.0. The molecule has 0 radical (unpaired) electrons. The lowest BCUT2D eigenvalue weighted by Gasteiger charge is -2.10. The molecule has 0 amide bonds. The maximum absolute atomic E-state index is 13.2. The Morgan fingerprint density at radius 2 is 1.73 bits per heavy atom. The molecule has 0 aliphatic carbocycles. The molecule has 3 nitrogen and oxygen atoms in total. The Balaban J connectivity index is 1.65. The summed E-state index contributed by atoms with van der Waals surface area (Å²) in [4.78, 5) is 4.59. The summed E-state index contributed by atoms with van der Waals surface area (Å²) >= 11 is 0. The van der Waals surface area contributed by atoms with Crippen molar-refractivity contribution in [3.8, 4) is 0 Å². The lowest BCUT2D eigenvalue weighted by atomic mass is 10.0. The van der Waals surface area contributed by atoms with Gasteiger partial charge in [0.05, 0.1) is 29.4 Å². The molecule has 0 saturated carbocycles. The minimum Gasteiger partial charge on any atom is -0.467 e. The Labute approximate surface area is 170 Å². The number of hydrogen-bond acceptors (Lipinski definition) is 2. The van der Waals surface area contributed by atoms with Gasteiger partial charge in [0.2, 0.25) is 0 Å². The molecule has 5 aromatic rings. The summed E-state index contributed by atoms with van der Waals surface area (Å²) in [6, 6.07) is 21.4. The number of benzene rings is 3. The molecule has 3 aromatic carbocycles. The van der Waals surface area contributed by atoms with Crippen molar-refractivity contribution in [1.29, 1.82) is 0 Å². The molecule has 0 fully saturated rings. The van der Waals surface area contributed by atoms with E-state index in [0.717, 1.165) is 28.5 Å². The summed E-state index contributed by atoms with van der Waals surface area (Å²) in [5.41, 5.74) is 1.34. The maximum atomic E-state index is 13.2. The predicted molar refractivity (Wildman–Crippen MR) is 109 cm³/mol. The topological polar surface area (TPSA) is 31.0 Å². The fourth-order valence-electron chi connectivity index (χ4n) is 3.84. The first-order chi connectivity index (χ1) is 14.5. The van der Waals surface area contributed by atoms with E-state index in [9.17, 15) is 13.2 Å². The Morgan fingerprint density at radius 3 is 2.53 bits per heavy atom. The average molecular weight is 406 g/mol. The highest BCUT2D eigenvalue weighted by Crippen LogP contribution is 2.32. The van der Waals surface area contributed by atoms with Gasteiger partial charge < -0.3 is 8.98 Å². The van der Waals surface area contributed by atoms with Crippen LogP contribution in [0.2, 0.25) is 0 Å². The lowest BCUT2D eigenvalue weighted by Crippen LogP contribution is -2.06. The smallest absolute Gasteiger partial charge is 0.416 e. The molecule has 30 heavy (non-hydrogen) atoms. The van der Waals surface area contributed by atoms with Crippen LogP contribution >= 0.6 is 0 Å². The highest BCUT2D eigenvalue weighted by atomic mass is 19.4. The molecule has 0 N–H and O–H groups in total. The van der Waals surface area contributed by atoms with E-state index in [2.05, 4.69) is 4.98 Å². The zero-order valence-corrected chi connectivity index (χ0v) is 15.9. The lowest BCUT2D eigenvalue weighted by molar-refractivity contribution is -0.137. The van der Waals surface area contributed by atoms with E-state index in [0.29, 0.717) is 35.6 Å². The van der Waals surface area contributed by atoms with Crippen molar-refractivity contribution in [2.45, 2.75) is 19.1 Å². The number of halogens is 3. The highest BCUT2D eigenvalue weighted by Gasteiger charge is 2.31. The second-order valence-electron chi connectivity index (χ2n) is 7.21. The minimum atomic E-state index is -4.41. The molecule has 150 valence electrons. The molecular weight excluding hydrogens is 389 g/mol. The van der Waals surface area contributed by atoms with Crippen molar-refractivity contribution in [1.82, 2.24) is 9.55 Å². The number of furan rings is 1. The molecule has 0 spiro atoms. The summed E-state index contributed by atoms with van der Waals surface area (Å²) in [5.74, 6) is 1.41. The van der Waals surface area contributed by atoms with Crippen LogP contribution in [0.1, 0.15) is 22.7 Å². The van der Waals surface area contributed by atoms with Crippen molar-refractivity contribution in [2.24, 2.45) is 0 Å². The molecule has 2 aromatic heterocycles. The third-order valence-electron chi connectivity index (χ3n) is 5.28. The van der Waals surface area contributed by atoms with E-state index in [1.807, 2.05) is 53.1 Å². The van der Waals surface area contributed by atoms with Crippen LogP contribution < -0.4 is 0 Å². The maximum Gasteiger partial charge on any atom is 0.416 e. The second-order valence-corrected chi connectivity index (χ2v) is 7.21. The van der Waals surface area contributed by atoms with Crippen LogP contribution in [0.15, 0.2) is 83.5 Å². The summed E-state index contributed by atoms with van der Waals surface area (Å²) in [6.07, 6.45) is -2.33. The predicted octanol–water partition coefficient (Wildman–Crippen LogP) is 6.44. The van der Waals surface area contributed by atoms with Crippen molar-refractivity contribution < 1.29 is 17.6 Å². The van der Waals surface area contributed by atoms with Crippen molar-refractivity contribution in [2.75, 3.05) is 0 Å². The molecule has 0 aliphatic heterocycles. The average Bonchev–Trinajstić information content (AvgIpc) is 3.36. The van der Waals surface area contributed by atoms with Crippen LogP contribution in [0.25, 0.3) is 21.8 Å². The number of aromatic nitrogens is 2. The fraction of sp³-hybridized carbons (Fsp3) is 0.125. The van der Waals surface area contributed by atoms with Gasteiger partial charge in [0.15, 0.2) is 0 Å². The third kappa shape index (κ3) is 3.34. The van der Waals surface area contributed by atoms with Gasteiger partial charge in [0.1, 0.15) is 11.6 Å². The Morgan fingerprint density at radius 1 is 0.900 bits per heavy atom. The number of alkyl halides is 3. The molecule has 0 bridgehead atoms. The normalized spacial score (nSPS) is 12.1. The number of imidazole rings is 1. The zero-order valence-electron chi connectivity index (χ0n) is 15.9. The molecule has 6 heteroatoms. The Kier molecular flexibility index (Phi) is 4.35.